The molecule has 3 aromatic rings. The van der Waals surface area contributed by atoms with Crippen molar-refractivity contribution in [2.45, 2.75) is 6.61 Å². The van der Waals surface area contributed by atoms with Gasteiger partial charge in [-0.1, -0.05) is 16.8 Å². The van der Waals surface area contributed by atoms with Crippen molar-refractivity contribution in [3.05, 3.63) is 58.7 Å². The van der Waals surface area contributed by atoms with Crippen LogP contribution in [0.25, 0.3) is 11.1 Å². The summed E-state index contributed by atoms with van der Waals surface area (Å²) >= 11 is 6.09. The van der Waals surface area contributed by atoms with Crippen LogP contribution in [0.3, 0.4) is 0 Å². The van der Waals surface area contributed by atoms with Gasteiger partial charge in [0.15, 0.2) is 0 Å². The number of pyridine rings is 1. The molecule has 0 saturated heterocycles. The maximum Gasteiger partial charge on any atom is 0.262 e. The number of rotatable bonds is 5. The average Bonchev–Trinajstić information content (AvgIpc) is 3.06. The molecule has 1 amide bonds. The number of hydrogen-bond acceptors (Lipinski definition) is 6. The van der Waals surface area contributed by atoms with Crippen LogP contribution in [0, 0.1) is 5.82 Å². The Balaban J connectivity index is 1.85. The number of nitrogen functional groups attached to an aromatic ring is 1. The molecule has 2 heterocycles. The molecule has 0 unspecified atom stereocenters. The number of aromatic nitrogens is 2. The highest BCUT2D eigenvalue weighted by Crippen LogP contribution is 2.32. The summed E-state index contributed by atoms with van der Waals surface area (Å²) in [6, 6.07) is 7.09. The van der Waals surface area contributed by atoms with Gasteiger partial charge in [-0.15, -0.1) is 0 Å². The van der Waals surface area contributed by atoms with Crippen molar-refractivity contribution in [2.75, 3.05) is 18.2 Å². The van der Waals surface area contributed by atoms with Crippen molar-refractivity contribution in [3.8, 4) is 11.1 Å². The highest BCUT2D eigenvalue weighted by Gasteiger charge is 2.17. The van der Waals surface area contributed by atoms with Crippen molar-refractivity contribution < 1.29 is 18.4 Å². The number of nitrogens with zero attached hydrogens (tertiary/aromatic N) is 2. The molecule has 0 spiro atoms. The van der Waals surface area contributed by atoms with Crippen LogP contribution in [0.2, 0.25) is 5.02 Å². The molecule has 0 fully saturated rings. The van der Waals surface area contributed by atoms with E-state index in [0.717, 1.165) is 0 Å². The minimum Gasteiger partial charge on any atom is -0.383 e. The van der Waals surface area contributed by atoms with Gasteiger partial charge in [0.2, 0.25) is 0 Å². The molecule has 1 aromatic carbocycles. The van der Waals surface area contributed by atoms with Gasteiger partial charge >= 0.3 is 0 Å². The Labute approximate surface area is 152 Å². The molecular formula is C17H14ClFN4O3. The summed E-state index contributed by atoms with van der Waals surface area (Å²) in [4.78, 5) is 16.4. The maximum absolute atomic E-state index is 13.5. The molecule has 0 bridgehead atoms. The second-order valence-corrected chi connectivity index (χ2v) is 5.72. The van der Waals surface area contributed by atoms with Gasteiger partial charge in [0.1, 0.15) is 35.0 Å². The standard InChI is InChI=1S/C17H14ClFN4O3/c1-25-8-14-12(7-26-23-14)17(24)22-15-5-3-10(16(20)21-15)11-6-9(19)2-4-13(11)18/h2-7H,8H2,1H3,(H3,20,21,22,24). The van der Waals surface area contributed by atoms with Crippen LogP contribution < -0.4 is 11.1 Å². The Morgan fingerprint density at radius 3 is 2.88 bits per heavy atom. The van der Waals surface area contributed by atoms with Gasteiger partial charge in [-0.2, -0.15) is 0 Å². The van der Waals surface area contributed by atoms with Crippen LogP contribution in [0.1, 0.15) is 16.1 Å². The molecule has 3 rings (SSSR count). The van der Waals surface area contributed by atoms with Gasteiger partial charge < -0.3 is 20.3 Å². The topological polar surface area (TPSA) is 103 Å². The Morgan fingerprint density at radius 1 is 1.35 bits per heavy atom. The molecule has 0 saturated carbocycles. The minimum absolute atomic E-state index is 0.0951. The molecule has 26 heavy (non-hydrogen) atoms. The van der Waals surface area contributed by atoms with Crippen LogP contribution in [-0.4, -0.2) is 23.2 Å². The SMILES string of the molecule is COCc1nocc1C(=O)Nc1ccc(-c2cc(F)ccc2Cl)c(N)n1. The molecule has 9 heteroatoms. The number of hydrogen-bond donors (Lipinski definition) is 2. The summed E-state index contributed by atoms with van der Waals surface area (Å²) in [6.07, 6.45) is 1.22. The predicted octanol–water partition coefficient (Wildman–Crippen LogP) is 3.51. The molecule has 0 radical (unpaired) electrons. The van der Waals surface area contributed by atoms with Crippen molar-refractivity contribution in [1.82, 2.24) is 10.1 Å². The first-order valence-corrected chi connectivity index (χ1v) is 7.83. The second kappa shape index (κ2) is 7.51. The lowest BCUT2D eigenvalue weighted by Crippen LogP contribution is -2.15. The van der Waals surface area contributed by atoms with E-state index in [4.69, 9.17) is 26.6 Å². The molecule has 0 atom stereocenters. The zero-order chi connectivity index (χ0) is 18.7. The maximum atomic E-state index is 13.5. The number of nitrogens with one attached hydrogen (secondary N) is 1. The fraction of sp³-hybridized carbons (Fsp3) is 0.118. The highest BCUT2D eigenvalue weighted by molar-refractivity contribution is 6.33. The monoisotopic (exact) mass is 376 g/mol. The van der Waals surface area contributed by atoms with Crippen LogP contribution in [-0.2, 0) is 11.3 Å². The van der Waals surface area contributed by atoms with E-state index in [1.54, 1.807) is 6.07 Å². The first-order valence-electron chi connectivity index (χ1n) is 7.45. The highest BCUT2D eigenvalue weighted by atomic mass is 35.5. The molecule has 2 aromatic heterocycles. The van der Waals surface area contributed by atoms with Gasteiger partial charge in [0.05, 0.1) is 6.61 Å². The van der Waals surface area contributed by atoms with Crippen LogP contribution >= 0.6 is 11.6 Å². The number of nitrogens with two attached hydrogens (primary N) is 1. The van der Waals surface area contributed by atoms with E-state index in [2.05, 4.69) is 15.5 Å². The Kier molecular flexibility index (Phi) is 5.15. The average molecular weight is 377 g/mol. The summed E-state index contributed by atoms with van der Waals surface area (Å²) in [6.45, 7) is 0.131. The van der Waals surface area contributed by atoms with E-state index in [9.17, 15) is 9.18 Å². The van der Waals surface area contributed by atoms with E-state index in [1.165, 1.54) is 37.6 Å². The lowest BCUT2D eigenvalue weighted by Gasteiger charge is -2.10. The normalized spacial score (nSPS) is 10.7. The predicted molar refractivity (Wildman–Crippen MR) is 94.2 cm³/mol. The van der Waals surface area contributed by atoms with Gasteiger partial charge in [-0.3, -0.25) is 4.79 Å². The van der Waals surface area contributed by atoms with Crippen LogP contribution in [0.5, 0.6) is 0 Å². The zero-order valence-corrected chi connectivity index (χ0v) is 14.4. The first-order chi connectivity index (χ1) is 12.5. The summed E-state index contributed by atoms with van der Waals surface area (Å²) in [5.74, 6) is -0.605. The van der Waals surface area contributed by atoms with Crippen molar-refractivity contribution >= 4 is 29.1 Å². The number of methoxy groups -OCH3 is 1. The molecule has 0 aliphatic rings. The Morgan fingerprint density at radius 2 is 2.15 bits per heavy atom. The molecule has 134 valence electrons. The molecule has 0 aliphatic carbocycles. The molecular weight excluding hydrogens is 363 g/mol. The molecule has 3 N–H and O–H groups in total. The van der Waals surface area contributed by atoms with Crippen molar-refractivity contribution in [1.29, 1.82) is 0 Å². The first kappa shape index (κ1) is 17.8. The number of ether oxygens (including phenoxy) is 1. The Hall–Kier alpha value is -2.97. The van der Waals surface area contributed by atoms with Gasteiger partial charge in [-0.25, -0.2) is 9.37 Å². The summed E-state index contributed by atoms with van der Waals surface area (Å²) < 4.78 is 23.2. The second-order valence-electron chi connectivity index (χ2n) is 5.32. The minimum atomic E-state index is -0.471. The summed E-state index contributed by atoms with van der Waals surface area (Å²) in [5.41, 5.74) is 7.41. The van der Waals surface area contributed by atoms with E-state index in [1.807, 2.05) is 0 Å². The third kappa shape index (κ3) is 3.66. The number of amides is 1. The lowest BCUT2D eigenvalue weighted by molar-refractivity contribution is 0.102. The summed E-state index contributed by atoms with van der Waals surface area (Å²) in [7, 11) is 1.48. The smallest absolute Gasteiger partial charge is 0.262 e. The number of halogens is 2. The van der Waals surface area contributed by atoms with E-state index in [0.29, 0.717) is 21.8 Å². The number of benzene rings is 1. The van der Waals surface area contributed by atoms with Crippen molar-refractivity contribution in [2.24, 2.45) is 0 Å². The van der Waals surface area contributed by atoms with Gasteiger partial charge in [0.25, 0.3) is 5.91 Å². The number of carbonyl (C=O) groups excluding carboxylic acids is 1. The molecule has 7 nitrogen and oxygen atoms in total. The van der Waals surface area contributed by atoms with Crippen LogP contribution in [0.15, 0.2) is 41.1 Å². The van der Waals surface area contributed by atoms with E-state index < -0.39 is 11.7 Å². The van der Waals surface area contributed by atoms with E-state index in [-0.39, 0.29) is 23.8 Å². The van der Waals surface area contributed by atoms with Crippen LogP contribution in [0.4, 0.5) is 16.0 Å². The zero-order valence-electron chi connectivity index (χ0n) is 13.6. The van der Waals surface area contributed by atoms with Gasteiger partial charge in [-0.05, 0) is 30.3 Å². The van der Waals surface area contributed by atoms with Crippen molar-refractivity contribution in [3.63, 3.8) is 0 Å². The fourth-order valence-corrected chi connectivity index (χ4v) is 2.56. The number of anilines is 2. The largest absolute Gasteiger partial charge is 0.383 e. The lowest BCUT2D eigenvalue weighted by atomic mass is 10.1. The van der Waals surface area contributed by atoms with E-state index >= 15 is 0 Å². The van der Waals surface area contributed by atoms with Gasteiger partial charge in [0, 0.05) is 23.3 Å². The summed E-state index contributed by atoms with van der Waals surface area (Å²) in [5, 5.41) is 6.64. The third-order valence-electron chi connectivity index (χ3n) is 3.55. The third-order valence-corrected chi connectivity index (χ3v) is 3.88. The Bertz CT molecular complexity index is 961. The fourth-order valence-electron chi connectivity index (χ4n) is 2.35. The number of carbonyl (C=O) groups is 1. The quantitative estimate of drug-likeness (QED) is 0.706. The molecule has 0 aliphatic heterocycles.